The van der Waals surface area contributed by atoms with Gasteiger partial charge in [0, 0.05) is 11.4 Å². The van der Waals surface area contributed by atoms with Crippen LogP contribution in [-0.4, -0.2) is 21.6 Å². The summed E-state index contributed by atoms with van der Waals surface area (Å²) in [7, 11) is 0. The smallest absolute Gasteiger partial charge is 0.416 e. The van der Waals surface area contributed by atoms with E-state index in [0.717, 1.165) is 12.1 Å². The maximum absolute atomic E-state index is 13.0. The Labute approximate surface area is 185 Å². The van der Waals surface area contributed by atoms with E-state index in [1.807, 2.05) is 0 Å². The van der Waals surface area contributed by atoms with Gasteiger partial charge in [-0.25, -0.2) is 4.68 Å². The number of rotatable bonds is 5. The average Bonchev–Trinajstić information content (AvgIpc) is 3.43. The fourth-order valence-electron chi connectivity index (χ4n) is 3.18. The molecule has 2 amide bonds. The number of nitrogens with one attached hydrogen (secondary N) is 2. The van der Waals surface area contributed by atoms with Crippen LogP contribution in [0.25, 0.3) is 5.69 Å². The third-order valence-electron chi connectivity index (χ3n) is 4.80. The first-order chi connectivity index (χ1) is 15.7. The second-order valence-corrected chi connectivity index (χ2v) is 7.07. The summed E-state index contributed by atoms with van der Waals surface area (Å²) in [4.78, 5) is 24.9. The molecule has 0 aliphatic carbocycles. The van der Waals surface area contributed by atoms with Gasteiger partial charge in [-0.1, -0.05) is 12.1 Å². The second kappa shape index (κ2) is 8.65. The fraction of sp³-hybridized carbons (Fsp3) is 0.0870. The van der Waals surface area contributed by atoms with Gasteiger partial charge >= 0.3 is 6.18 Å². The lowest BCUT2D eigenvalue weighted by Crippen LogP contribution is -2.14. The third kappa shape index (κ3) is 4.79. The number of carbonyl (C=O) groups excluding carboxylic acids is 2. The maximum Gasteiger partial charge on any atom is 0.416 e. The molecule has 4 aromatic rings. The van der Waals surface area contributed by atoms with Gasteiger partial charge in [0.05, 0.1) is 35.0 Å². The molecule has 0 radical (unpaired) electrons. The summed E-state index contributed by atoms with van der Waals surface area (Å²) in [5, 5.41) is 9.44. The predicted octanol–water partition coefficient (Wildman–Crippen LogP) is 5.30. The van der Waals surface area contributed by atoms with Crippen molar-refractivity contribution in [2.75, 3.05) is 10.6 Å². The predicted molar refractivity (Wildman–Crippen MR) is 114 cm³/mol. The number of halogens is 3. The van der Waals surface area contributed by atoms with Crippen molar-refractivity contribution in [2.24, 2.45) is 0 Å². The molecule has 2 aromatic carbocycles. The van der Waals surface area contributed by atoms with Crippen molar-refractivity contribution in [2.45, 2.75) is 13.1 Å². The van der Waals surface area contributed by atoms with Crippen LogP contribution in [0.5, 0.6) is 0 Å². The van der Waals surface area contributed by atoms with Crippen molar-refractivity contribution >= 4 is 23.2 Å². The highest BCUT2D eigenvalue weighted by Crippen LogP contribution is 2.30. The Morgan fingerprint density at radius 3 is 2.30 bits per heavy atom. The summed E-state index contributed by atoms with van der Waals surface area (Å²) in [6.07, 6.45) is -1.82. The van der Waals surface area contributed by atoms with Gasteiger partial charge in [0.2, 0.25) is 0 Å². The van der Waals surface area contributed by atoms with E-state index >= 15 is 0 Å². The SMILES string of the molecule is Cc1c(C(=O)Nc2cccc(NC(=O)c3ccco3)c2)cnn1-c1cccc(C(F)(F)F)c1. The molecule has 0 fully saturated rings. The molecule has 168 valence electrons. The van der Waals surface area contributed by atoms with E-state index in [4.69, 9.17) is 4.42 Å². The number of hydrogen-bond donors (Lipinski definition) is 2. The van der Waals surface area contributed by atoms with Gasteiger partial charge in [-0.3, -0.25) is 9.59 Å². The molecule has 2 aromatic heterocycles. The Kier molecular flexibility index (Phi) is 5.74. The molecular weight excluding hydrogens is 437 g/mol. The number of amides is 2. The third-order valence-corrected chi connectivity index (χ3v) is 4.80. The normalized spacial score (nSPS) is 11.3. The van der Waals surface area contributed by atoms with Crippen molar-refractivity contribution in [3.63, 3.8) is 0 Å². The van der Waals surface area contributed by atoms with Crippen LogP contribution in [0.15, 0.2) is 77.5 Å². The van der Waals surface area contributed by atoms with Gasteiger partial charge < -0.3 is 15.1 Å². The molecule has 0 bridgehead atoms. The van der Waals surface area contributed by atoms with Gasteiger partial charge in [-0.15, -0.1) is 0 Å². The number of carbonyl (C=O) groups is 2. The molecule has 0 saturated carbocycles. The Bertz CT molecular complexity index is 1310. The molecule has 4 rings (SSSR count). The maximum atomic E-state index is 13.0. The van der Waals surface area contributed by atoms with E-state index in [2.05, 4.69) is 15.7 Å². The minimum Gasteiger partial charge on any atom is -0.459 e. The Morgan fingerprint density at radius 1 is 0.939 bits per heavy atom. The summed E-state index contributed by atoms with van der Waals surface area (Å²) in [5.74, 6) is -0.802. The second-order valence-electron chi connectivity index (χ2n) is 7.07. The summed E-state index contributed by atoms with van der Waals surface area (Å²) >= 11 is 0. The van der Waals surface area contributed by atoms with Crippen molar-refractivity contribution < 1.29 is 27.2 Å². The molecule has 2 N–H and O–H groups in total. The summed E-state index contributed by atoms with van der Waals surface area (Å²) in [5.41, 5.74) is 0.777. The molecule has 0 aliphatic rings. The Morgan fingerprint density at radius 2 is 1.64 bits per heavy atom. The van der Waals surface area contributed by atoms with Gasteiger partial charge in [-0.2, -0.15) is 18.3 Å². The fourth-order valence-corrected chi connectivity index (χ4v) is 3.18. The van der Waals surface area contributed by atoms with E-state index in [1.165, 1.54) is 35.3 Å². The Hall–Kier alpha value is -4.34. The van der Waals surface area contributed by atoms with Gasteiger partial charge in [-0.05, 0) is 55.5 Å². The van der Waals surface area contributed by atoms with Crippen molar-refractivity contribution in [1.29, 1.82) is 0 Å². The molecule has 0 aliphatic heterocycles. The molecule has 33 heavy (non-hydrogen) atoms. The van der Waals surface area contributed by atoms with E-state index in [-0.39, 0.29) is 17.0 Å². The van der Waals surface area contributed by atoms with Crippen LogP contribution >= 0.6 is 0 Å². The topological polar surface area (TPSA) is 89.2 Å². The van der Waals surface area contributed by atoms with Crippen LogP contribution < -0.4 is 10.6 Å². The Balaban J connectivity index is 1.51. The largest absolute Gasteiger partial charge is 0.459 e. The molecule has 0 spiro atoms. The molecule has 0 unspecified atom stereocenters. The van der Waals surface area contributed by atoms with E-state index in [1.54, 1.807) is 37.3 Å². The minimum absolute atomic E-state index is 0.141. The molecule has 0 saturated heterocycles. The minimum atomic E-state index is -4.49. The number of furan rings is 1. The van der Waals surface area contributed by atoms with Crippen LogP contribution in [0.4, 0.5) is 24.5 Å². The van der Waals surface area contributed by atoms with Crippen LogP contribution in [0.2, 0.25) is 0 Å². The molecule has 2 heterocycles. The van der Waals surface area contributed by atoms with Crippen LogP contribution in [0, 0.1) is 6.92 Å². The first-order valence-electron chi connectivity index (χ1n) is 9.71. The lowest BCUT2D eigenvalue weighted by atomic mass is 10.2. The van der Waals surface area contributed by atoms with E-state index in [9.17, 15) is 22.8 Å². The number of hydrogen-bond acceptors (Lipinski definition) is 4. The highest BCUT2D eigenvalue weighted by atomic mass is 19.4. The van der Waals surface area contributed by atoms with E-state index in [0.29, 0.717) is 17.1 Å². The highest BCUT2D eigenvalue weighted by molar-refractivity contribution is 6.06. The monoisotopic (exact) mass is 454 g/mol. The first kappa shape index (κ1) is 21.9. The number of aromatic nitrogens is 2. The van der Waals surface area contributed by atoms with Crippen molar-refractivity contribution in [1.82, 2.24) is 9.78 Å². The zero-order valence-corrected chi connectivity index (χ0v) is 17.2. The first-order valence-corrected chi connectivity index (χ1v) is 9.71. The van der Waals surface area contributed by atoms with Crippen LogP contribution in [0.3, 0.4) is 0 Å². The lowest BCUT2D eigenvalue weighted by Gasteiger charge is -2.11. The number of benzene rings is 2. The molecule has 0 atom stereocenters. The zero-order chi connectivity index (χ0) is 23.6. The number of alkyl halides is 3. The molecular formula is C23H17F3N4O3. The van der Waals surface area contributed by atoms with Crippen LogP contribution in [0.1, 0.15) is 32.2 Å². The van der Waals surface area contributed by atoms with Gasteiger partial charge in [0.25, 0.3) is 11.8 Å². The summed E-state index contributed by atoms with van der Waals surface area (Å²) < 4.78 is 45.4. The average molecular weight is 454 g/mol. The summed E-state index contributed by atoms with van der Waals surface area (Å²) in [6, 6.07) is 14.3. The summed E-state index contributed by atoms with van der Waals surface area (Å²) in [6.45, 7) is 1.59. The quantitative estimate of drug-likeness (QED) is 0.429. The number of anilines is 2. The van der Waals surface area contributed by atoms with Gasteiger partial charge in [0.1, 0.15) is 0 Å². The lowest BCUT2D eigenvalue weighted by molar-refractivity contribution is -0.137. The van der Waals surface area contributed by atoms with Crippen molar-refractivity contribution in [3.8, 4) is 5.69 Å². The van der Waals surface area contributed by atoms with Gasteiger partial charge in [0.15, 0.2) is 5.76 Å². The molecule has 7 nitrogen and oxygen atoms in total. The highest BCUT2D eigenvalue weighted by Gasteiger charge is 2.30. The van der Waals surface area contributed by atoms with E-state index < -0.39 is 23.6 Å². The number of nitrogens with zero attached hydrogens (tertiary/aromatic N) is 2. The van der Waals surface area contributed by atoms with Crippen LogP contribution in [-0.2, 0) is 6.18 Å². The standard InChI is InChI=1S/C23H17F3N4O3/c1-14-19(13-27-30(14)18-8-2-5-15(11-18)23(24,25)26)21(31)28-16-6-3-7-17(12-16)29-22(32)20-9-4-10-33-20/h2-13H,1H3,(H,28,31)(H,29,32). The molecule has 10 heteroatoms. The van der Waals surface area contributed by atoms with Crippen molar-refractivity contribution in [3.05, 3.63) is 95.7 Å². The zero-order valence-electron chi connectivity index (χ0n) is 17.2.